The first-order valence-electron chi connectivity index (χ1n) is 6.18. The zero-order valence-corrected chi connectivity index (χ0v) is 11.7. The third-order valence-corrected chi connectivity index (χ3v) is 3.77. The molecule has 1 atom stereocenters. The molecule has 0 spiro atoms. The Kier molecular flexibility index (Phi) is 4.79. The van der Waals surface area contributed by atoms with Crippen LogP contribution in [0.1, 0.15) is 24.1 Å². The molecule has 2 aromatic rings. The molecule has 2 nitrogen and oxygen atoms in total. The second kappa shape index (κ2) is 6.57. The van der Waals surface area contributed by atoms with Crippen molar-refractivity contribution < 1.29 is 4.74 Å². The predicted molar refractivity (Wildman–Crippen MR) is 77.4 cm³/mol. The molecule has 96 valence electrons. The van der Waals surface area contributed by atoms with Gasteiger partial charge in [0, 0.05) is 6.04 Å². The van der Waals surface area contributed by atoms with Crippen molar-refractivity contribution in [2.24, 2.45) is 0 Å². The lowest BCUT2D eigenvalue weighted by molar-refractivity contribution is 0.413. The zero-order chi connectivity index (χ0) is 12.8. The highest BCUT2D eigenvalue weighted by atomic mass is 32.1. The number of rotatable bonds is 6. The molecule has 0 aliphatic carbocycles. The molecule has 0 bridgehead atoms. The third kappa shape index (κ3) is 3.59. The van der Waals surface area contributed by atoms with E-state index in [-0.39, 0.29) is 0 Å². The van der Waals surface area contributed by atoms with Gasteiger partial charge >= 0.3 is 0 Å². The molecule has 0 saturated heterocycles. The number of ether oxygens (including phenoxy) is 1. The molecular weight excluding hydrogens is 242 g/mol. The minimum Gasteiger partial charge on any atom is -0.497 e. The summed E-state index contributed by atoms with van der Waals surface area (Å²) in [4.78, 5) is 0. The van der Waals surface area contributed by atoms with Gasteiger partial charge in [-0.1, -0.05) is 12.1 Å². The van der Waals surface area contributed by atoms with Gasteiger partial charge in [-0.15, -0.1) is 0 Å². The highest BCUT2D eigenvalue weighted by Crippen LogP contribution is 2.18. The third-order valence-electron chi connectivity index (χ3n) is 3.04. The van der Waals surface area contributed by atoms with E-state index in [1.165, 1.54) is 11.1 Å². The lowest BCUT2D eigenvalue weighted by Crippen LogP contribution is -2.21. The Bertz CT molecular complexity index is 467. The molecule has 0 fully saturated rings. The van der Waals surface area contributed by atoms with E-state index in [0.29, 0.717) is 6.04 Å². The van der Waals surface area contributed by atoms with E-state index in [1.54, 1.807) is 18.4 Å². The number of benzene rings is 1. The summed E-state index contributed by atoms with van der Waals surface area (Å²) in [5.74, 6) is 0.916. The van der Waals surface area contributed by atoms with Crippen LogP contribution in [0.3, 0.4) is 0 Å². The molecule has 0 aliphatic rings. The lowest BCUT2D eigenvalue weighted by Gasteiger charge is -2.14. The number of thiophene rings is 1. The molecule has 1 N–H and O–H groups in total. The topological polar surface area (TPSA) is 21.3 Å². The molecule has 3 heteroatoms. The number of nitrogens with one attached hydrogen (secondary N) is 1. The zero-order valence-electron chi connectivity index (χ0n) is 10.8. The quantitative estimate of drug-likeness (QED) is 0.857. The summed E-state index contributed by atoms with van der Waals surface area (Å²) in [6, 6.07) is 10.8. The van der Waals surface area contributed by atoms with E-state index in [4.69, 9.17) is 4.74 Å². The van der Waals surface area contributed by atoms with Crippen LogP contribution in [0.25, 0.3) is 0 Å². The van der Waals surface area contributed by atoms with Crippen molar-refractivity contribution in [1.29, 1.82) is 0 Å². The van der Waals surface area contributed by atoms with E-state index >= 15 is 0 Å². The van der Waals surface area contributed by atoms with Crippen molar-refractivity contribution in [3.05, 3.63) is 52.2 Å². The van der Waals surface area contributed by atoms with Gasteiger partial charge in [0.15, 0.2) is 0 Å². The first-order valence-corrected chi connectivity index (χ1v) is 7.12. The van der Waals surface area contributed by atoms with Gasteiger partial charge in [0.05, 0.1) is 7.11 Å². The van der Waals surface area contributed by atoms with Crippen LogP contribution in [0.15, 0.2) is 41.1 Å². The molecule has 1 heterocycles. The summed E-state index contributed by atoms with van der Waals surface area (Å²) < 4.78 is 5.24. The second-order valence-corrected chi connectivity index (χ2v) is 5.11. The van der Waals surface area contributed by atoms with Crippen molar-refractivity contribution >= 4 is 11.3 Å². The minimum atomic E-state index is 0.346. The Labute approximate surface area is 113 Å². The van der Waals surface area contributed by atoms with E-state index in [1.807, 2.05) is 12.1 Å². The normalized spacial score (nSPS) is 12.3. The van der Waals surface area contributed by atoms with Crippen LogP contribution in [0.4, 0.5) is 0 Å². The lowest BCUT2D eigenvalue weighted by atomic mass is 10.1. The summed E-state index contributed by atoms with van der Waals surface area (Å²) in [6.07, 6.45) is 1.08. The van der Waals surface area contributed by atoms with E-state index in [2.05, 4.69) is 41.2 Å². The maximum Gasteiger partial charge on any atom is 0.119 e. The van der Waals surface area contributed by atoms with Crippen molar-refractivity contribution in [2.45, 2.75) is 19.4 Å². The minimum absolute atomic E-state index is 0.346. The Balaban J connectivity index is 1.85. The van der Waals surface area contributed by atoms with Gasteiger partial charge in [-0.05, 0) is 60.0 Å². The molecule has 0 saturated carbocycles. The van der Waals surface area contributed by atoms with Gasteiger partial charge in [0.1, 0.15) is 5.75 Å². The van der Waals surface area contributed by atoms with Gasteiger partial charge in [0.2, 0.25) is 0 Å². The fourth-order valence-electron chi connectivity index (χ4n) is 1.90. The first-order chi connectivity index (χ1) is 8.79. The van der Waals surface area contributed by atoms with Gasteiger partial charge in [-0.3, -0.25) is 0 Å². The molecule has 0 aliphatic heterocycles. The number of methoxy groups -OCH3 is 1. The average Bonchev–Trinajstić information content (AvgIpc) is 2.92. The Hall–Kier alpha value is -1.32. The van der Waals surface area contributed by atoms with Crippen LogP contribution in [0.5, 0.6) is 5.75 Å². The van der Waals surface area contributed by atoms with Gasteiger partial charge in [0.25, 0.3) is 0 Å². The fourth-order valence-corrected chi connectivity index (χ4v) is 2.60. The molecular formula is C15H19NOS. The Morgan fingerprint density at radius 3 is 2.94 bits per heavy atom. The van der Waals surface area contributed by atoms with Crippen LogP contribution in [0.2, 0.25) is 0 Å². The first kappa shape index (κ1) is 13.1. The molecule has 2 rings (SSSR count). The largest absolute Gasteiger partial charge is 0.497 e. The number of hydrogen-bond donors (Lipinski definition) is 1. The van der Waals surface area contributed by atoms with E-state index in [0.717, 1.165) is 18.7 Å². The van der Waals surface area contributed by atoms with Crippen LogP contribution in [-0.2, 0) is 6.42 Å². The standard InChI is InChI=1S/C15H19NOS/c1-12(14-4-3-5-15(10-14)17-2)16-8-6-13-7-9-18-11-13/h3-5,7,9-12,16H,6,8H2,1-2H3/t12-/m0/s1. The second-order valence-electron chi connectivity index (χ2n) is 4.33. The molecule has 0 amide bonds. The summed E-state index contributed by atoms with van der Waals surface area (Å²) in [6.45, 7) is 3.18. The van der Waals surface area contributed by atoms with Crippen molar-refractivity contribution in [3.8, 4) is 5.75 Å². The Morgan fingerprint density at radius 2 is 2.22 bits per heavy atom. The van der Waals surface area contributed by atoms with Crippen molar-refractivity contribution in [3.63, 3.8) is 0 Å². The summed E-state index contributed by atoms with van der Waals surface area (Å²) in [5.41, 5.74) is 2.67. The summed E-state index contributed by atoms with van der Waals surface area (Å²) in [7, 11) is 1.70. The molecule has 18 heavy (non-hydrogen) atoms. The van der Waals surface area contributed by atoms with Crippen LogP contribution < -0.4 is 10.1 Å². The SMILES string of the molecule is COc1cccc([C@H](C)NCCc2ccsc2)c1. The molecule has 1 aromatic heterocycles. The average molecular weight is 261 g/mol. The van der Waals surface area contributed by atoms with Crippen LogP contribution in [0, 0.1) is 0 Å². The van der Waals surface area contributed by atoms with Gasteiger partial charge < -0.3 is 10.1 Å². The predicted octanol–water partition coefficient (Wildman–Crippen LogP) is 3.65. The maximum absolute atomic E-state index is 5.24. The highest BCUT2D eigenvalue weighted by Gasteiger charge is 2.05. The fraction of sp³-hybridized carbons (Fsp3) is 0.333. The van der Waals surface area contributed by atoms with E-state index < -0.39 is 0 Å². The highest BCUT2D eigenvalue weighted by molar-refractivity contribution is 7.07. The van der Waals surface area contributed by atoms with Crippen LogP contribution >= 0.6 is 11.3 Å². The van der Waals surface area contributed by atoms with E-state index in [9.17, 15) is 0 Å². The Morgan fingerprint density at radius 1 is 1.33 bits per heavy atom. The van der Waals surface area contributed by atoms with Crippen LogP contribution in [-0.4, -0.2) is 13.7 Å². The molecule has 0 radical (unpaired) electrons. The smallest absolute Gasteiger partial charge is 0.119 e. The van der Waals surface area contributed by atoms with Gasteiger partial charge in [-0.25, -0.2) is 0 Å². The molecule has 0 unspecified atom stereocenters. The van der Waals surface area contributed by atoms with Gasteiger partial charge in [-0.2, -0.15) is 11.3 Å². The van der Waals surface area contributed by atoms with Crippen molar-refractivity contribution in [1.82, 2.24) is 5.32 Å². The number of hydrogen-bond acceptors (Lipinski definition) is 3. The van der Waals surface area contributed by atoms with Crippen molar-refractivity contribution in [2.75, 3.05) is 13.7 Å². The summed E-state index contributed by atoms with van der Waals surface area (Å²) in [5, 5.41) is 7.87. The summed E-state index contributed by atoms with van der Waals surface area (Å²) >= 11 is 1.76. The molecule has 1 aromatic carbocycles. The monoisotopic (exact) mass is 261 g/mol. The maximum atomic E-state index is 5.24.